The maximum Gasteiger partial charge on any atom is 0.217 e. The number of hydrogen-bond donors (Lipinski definition) is 1. The summed E-state index contributed by atoms with van der Waals surface area (Å²) in [6, 6.07) is 8.37. The fourth-order valence-electron chi connectivity index (χ4n) is 3.42. The van der Waals surface area contributed by atoms with Gasteiger partial charge in [0.1, 0.15) is 5.82 Å². The van der Waals surface area contributed by atoms with Crippen molar-refractivity contribution in [3.63, 3.8) is 0 Å². The van der Waals surface area contributed by atoms with E-state index in [2.05, 4.69) is 10.3 Å². The molecule has 0 aliphatic heterocycles. The van der Waals surface area contributed by atoms with E-state index in [4.69, 9.17) is 9.47 Å². The Hall–Kier alpha value is -2.47. The van der Waals surface area contributed by atoms with Crippen LogP contribution in [0.4, 0.5) is 4.39 Å². The molecular weight excluding hydrogens is 359 g/mol. The van der Waals surface area contributed by atoms with Gasteiger partial charge in [-0.05, 0) is 61.9 Å². The van der Waals surface area contributed by atoms with Crippen molar-refractivity contribution in [1.82, 2.24) is 10.3 Å². The molecule has 3 rings (SSSR count). The molecule has 0 spiro atoms. The number of rotatable bonds is 8. The van der Waals surface area contributed by atoms with Crippen LogP contribution in [-0.4, -0.2) is 36.3 Å². The monoisotopic (exact) mass is 386 g/mol. The molecule has 0 unspecified atom stereocenters. The van der Waals surface area contributed by atoms with Crippen LogP contribution in [0.15, 0.2) is 36.5 Å². The Kier molecular flexibility index (Phi) is 6.62. The van der Waals surface area contributed by atoms with Crippen LogP contribution in [0.25, 0.3) is 11.1 Å². The molecule has 1 amide bonds. The third kappa shape index (κ3) is 5.29. The van der Waals surface area contributed by atoms with E-state index in [9.17, 15) is 9.18 Å². The first-order valence-corrected chi connectivity index (χ1v) is 9.65. The van der Waals surface area contributed by atoms with E-state index in [0.717, 1.165) is 29.5 Å². The summed E-state index contributed by atoms with van der Waals surface area (Å²) in [6.45, 7) is 6.54. The maximum absolute atomic E-state index is 13.2. The molecule has 1 aliphatic rings. The maximum atomic E-state index is 13.2. The summed E-state index contributed by atoms with van der Waals surface area (Å²) in [4.78, 5) is 15.4. The molecule has 1 N–H and O–H groups in total. The summed E-state index contributed by atoms with van der Waals surface area (Å²) in [5.41, 5.74) is 2.88. The largest absolute Gasteiger partial charge is 0.477 e. The number of amides is 1. The van der Waals surface area contributed by atoms with Gasteiger partial charge in [0.15, 0.2) is 0 Å². The van der Waals surface area contributed by atoms with E-state index in [-0.39, 0.29) is 23.9 Å². The Morgan fingerprint density at radius 2 is 2.00 bits per heavy atom. The quantitative estimate of drug-likeness (QED) is 0.748. The molecule has 2 aromatic rings. The molecule has 6 heteroatoms. The van der Waals surface area contributed by atoms with E-state index < -0.39 is 0 Å². The molecule has 1 aromatic heterocycles. The lowest BCUT2D eigenvalue weighted by Crippen LogP contribution is -2.40. The van der Waals surface area contributed by atoms with Gasteiger partial charge in [0.2, 0.25) is 11.8 Å². The minimum Gasteiger partial charge on any atom is -0.477 e. The van der Waals surface area contributed by atoms with E-state index in [1.54, 1.807) is 18.3 Å². The first kappa shape index (κ1) is 20.3. The third-order valence-corrected chi connectivity index (χ3v) is 4.99. The summed E-state index contributed by atoms with van der Waals surface area (Å²) in [6.07, 6.45) is 3.84. The Balaban J connectivity index is 1.47. The highest BCUT2D eigenvalue weighted by atomic mass is 19.1. The molecule has 1 fully saturated rings. The zero-order valence-electron chi connectivity index (χ0n) is 16.6. The molecule has 28 heavy (non-hydrogen) atoms. The van der Waals surface area contributed by atoms with Gasteiger partial charge in [-0.25, -0.2) is 9.37 Å². The van der Waals surface area contributed by atoms with Crippen LogP contribution in [0.2, 0.25) is 0 Å². The SMILES string of the molecule is CC(=O)N[C@@H](C)COC1CC(COc2nccc(-c3ccc(F)cc3)c2C)C1. The number of carbonyl (C=O) groups is 1. The van der Waals surface area contributed by atoms with Crippen LogP contribution in [0.3, 0.4) is 0 Å². The van der Waals surface area contributed by atoms with Crippen molar-refractivity contribution in [3.8, 4) is 17.0 Å². The van der Waals surface area contributed by atoms with Gasteiger partial charge in [-0.15, -0.1) is 0 Å². The summed E-state index contributed by atoms with van der Waals surface area (Å²) in [5, 5.41) is 2.81. The van der Waals surface area contributed by atoms with Gasteiger partial charge in [0.25, 0.3) is 0 Å². The normalized spacial score (nSPS) is 19.6. The van der Waals surface area contributed by atoms with Crippen molar-refractivity contribution in [2.75, 3.05) is 13.2 Å². The molecule has 1 aromatic carbocycles. The van der Waals surface area contributed by atoms with Crippen molar-refractivity contribution in [1.29, 1.82) is 0 Å². The molecule has 0 saturated heterocycles. The summed E-state index contributed by atoms with van der Waals surface area (Å²) >= 11 is 0. The number of benzene rings is 1. The molecule has 1 atom stereocenters. The topological polar surface area (TPSA) is 60.5 Å². The van der Waals surface area contributed by atoms with E-state index in [1.165, 1.54) is 19.1 Å². The average Bonchev–Trinajstić information content (AvgIpc) is 2.61. The zero-order chi connectivity index (χ0) is 20.1. The van der Waals surface area contributed by atoms with Crippen molar-refractivity contribution < 1.29 is 18.7 Å². The number of nitrogens with zero attached hydrogens (tertiary/aromatic N) is 1. The molecule has 0 radical (unpaired) electrons. The number of aromatic nitrogens is 1. The third-order valence-electron chi connectivity index (χ3n) is 4.99. The Bertz CT molecular complexity index is 804. The number of pyridine rings is 1. The second-order valence-corrected chi connectivity index (χ2v) is 7.50. The summed E-state index contributed by atoms with van der Waals surface area (Å²) in [7, 11) is 0. The van der Waals surface area contributed by atoms with Crippen molar-refractivity contribution in [3.05, 3.63) is 47.9 Å². The van der Waals surface area contributed by atoms with Crippen LogP contribution in [0.5, 0.6) is 5.88 Å². The first-order chi connectivity index (χ1) is 13.4. The van der Waals surface area contributed by atoms with Gasteiger partial charge < -0.3 is 14.8 Å². The smallest absolute Gasteiger partial charge is 0.217 e. The van der Waals surface area contributed by atoms with Gasteiger partial charge >= 0.3 is 0 Å². The number of halogens is 1. The number of nitrogens with one attached hydrogen (secondary N) is 1. The molecule has 0 bridgehead atoms. The number of ether oxygens (including phenoxy) is 2. The van der Waals surface area contributed by atoms with Crippen LogP contribution >= 0.6 is 0 Å². The first-order valence-electron chi connectivity index (χ1n) is 9.65. The standard InChI is InChI=1S/C22H27FN2O3/c1-14(25-16(3)26)12-27-20-10-17(11-20)13-28-22-15(2)21(8-9-24-22)18-4-6-19(23)7-5-18/h4-9,14,17,20H,10-13H2,1-3H3,(H,25,26)/t14-,17?,20?/m0/s1. The van der Waals surface area contributed by atoms with E-state index in [0.29, 0.717) is 25.0 Å². The lowest BCUT2D eigenvalue weighted by molar-refractivity contribution is -0.120. The molecular formula is C22H27FN2O3. The highest BCUT2D eigenvalue weighted by molar-refractivity contribution is 5.73. The lowest BCUT2D eigenvalue weighted by atomic mass is 9.83. The van der Waals surface area contributed by atoms with Crippen LogP contribution in [0, 0.1) is 18.7 Å². The van der Waals surface area contributed by atoms with Crippen LogP contribution in [0.1, 0.15) is 32.3 Å². The Morgan fingerprint density at radius 1 is 1.29 bits per heavy atom. The lowest BCUT2D eigenvalue weighted by Gasteiger charge is -2.35. The predicted molar refractivity (Wildman–Crippen MR) is 106 cm³/mol. The van der Waals surface area contributed by atoms with Crippen molar-refractivity contribution >= 4 is 5.91 Å². The Labute approximate surface area is 165 Å². The molecule has 1 aliphatic carbocycles. The highest BCUT2D eigenvalue weighted by Gasteiger charge is 2.31. The molecule has 1 heterocycles. The zero-order valence-corrected chi connectivity index (χ0v) is 16.6. The fraction of sp³-hybridized carbons (Fsp3) is 0.455. The molecule has 1 saturated carbocycles. The number of carbonyl (C=O) groups excluding carboxylic acids is 1. The van der Waals surface area contributed by atoms with E-state index >= 15 is 0 Å². The molecule has 5 nitrogen and oxygen atoms in total. The average molecular weight is 386 g/mol. The van der Waals surface area contributed by atoms with Gasteiger partial charge in [-0.1, -0.05) is 12.1 Å². The second kappa shape index (κ2) is 9.15. The van der Waals surface area contributed by atoms with Crippen LogP contribution < -0.4 is 10.1 Å². The van der Waals surface area contributed by atoms with Crippen molar-refractivity contribution in [2.45, 2.75) is 45.8 Å². The fourth-order valence-corrected chi connectivity index (χ4v) is 3.42. The minimum atomic E-state index is -0.250. The van der Waals surface area contributed by atoms with Crippen molar-refractivity contribution in [2.24, 2.45) is 5.92 Å². The van der Waals surface area contributed by atoms with Gasteiger partial charge in [-0.2, -0.15) is 0 Å². The summed E-state index contributed by atoms with van der Waals surface area (Å²) < 4.78 is 24.9. The summed E-state index contributed by atoms with van der Waals surface area (Å²) in [5.74, 6) is 0.768. The van der Waals surface area contributed by atoms with Gasteiger partial charge in [0.05, 0.1) is 19.3 Å². The highest BCUT2D eigenvalue weighted by Crippen LogP contribution is 2.32. The molecule has 150 valence electrons. The van der Waals surface area contributed by atoms with Crippen LogP contribution in [-0.2, 0) is 9.53 Å². The van der Waals surface area contributed by atoms with Gasteiger partial charge in [-0.3, -0.25) is 4.79 Å². The number of hydrogen-bond acceptors (Lipinski definition) is 4. The van der Waals surface area contributed by atoms with Gasteiger partial charge in [0, 0.05) is 24.7 Å². The Morgan fingerprint density at radius 3 is 2.68 bits per heavy atom. The second-order valence-electron chi connectivity index (χ2n) is 7.50. The predicted octanol–water partition coefficient (Wildman–Crippen LogP) is 3.89. The minimum absolute atomic E-state index is 0.0221. The van der Waals surface area contributed by atoms with E-state index in [1.807, 2.05) is 19.9 Å².